The van der Waals surface area contributed by atoms with E-state index in [0.717, 1.165) is 29.4 Å². The lowest BCUT2D eigenvalue weighted by Gasteiger charge is -2.21. The van der Waals surface area contributed by atoms with Crippen molar-refractivity contribution in [3.05, 3.63) is 63.1 Å². The lowest BCUT2D eigenvalue weighted by molar-refractivity contribution is 0.350. The summed E-state index contributed by atoms with van der Waals surface area (Å²) < 4.78 is 32.7. The van der Waals surface area contributed by atoms with Gasteiger partial charge in [-0.25, -0.2) is 14.2 Å². The quantitative estimate of drug-likeness (QED) is 0.505. The molecule has 3 N–H and O–H groups in total. The van der Waals surface area contributed by atoms with Gasteiger partial charge in [-0.1, -0.05) is 24.3 Å². The molecule has 1 heterocycles. The minimum absolute atomic E-state index is 0.0565. The highest BCUT2D eigenvalue weighted by atomic mass is 79.9. The summed E-state index contributed by atoms with van der Waals surface area (Å²) >= 11 is 3.10. The van der Waals surface area contributed by atoms with Gasteiger partial charge in [-0.15, -0.1) is 0 Å². The topological polar surface area (TPSA) is 47.3 Å². The fourth-order valence-corrected chi connectivity index (χ4v) is 3.13. The van der Waals surface area contributed by atoms with E-state index in [2.05, 4.69) is 21.4 Å². The summed E-state index contributed by atoms with van der Waals surface area (Å²) in [5.74, 6) is 4.57. The van der Waals surface area contributed by atoms with Crippen LogP contribution < -0.4 is 16.0 Å². The third-order valence-electron chi connectivity index (χ3n) is 3.60. The second kappa shape index (κ2) is 5.71. The van der Waals surface area contributed by atoms with Crippen LogP contribution >= 0.6 is 15.9 Å². The Labute approximate surface area is 129 Å². The van der Waals surface area contributed by atoms with E-state index in [4.69, 9.17) is 10.6 Å². The predicted molar refractivity (Wildman–Crippen MR) is 78.9 cm³/mol. The van der Waals surface area contributed by atoms with Crippen LogP contribution in [0, 0.1) is 11.6 Å². The van der Waals surface area contributed by atoms with Crippen molar-refractivity contribution in [2.75, 3.05) is 6.61 Å². The predicted octanol–water partition coefficient (Wildman–Crippen LogP) is 3.21. The zero-order chi connectivity index (χ0) is 15.0. The maximum absolute atomic E-state index is 13.8. The summed E-state index contributed by atoms with van der Waals surface area (Å²) in [5, 5.41) is 0. The van der Waals surface area contributed by atoms with Gasteiger partial charge in [-0.3, -0.25) is 5.84 Å². The monoisotopic (exact) mass is 354 g/mol. The number of para-hydroxylation sites is 1. The molecule has 0 saturated heterocycles. The number of fused-ring (bicyclic) bond motifs is 1. The molecule has 0 amide bonds. The molecular weight excluding hydrogens is 342 g/mol. The zero-order valence-electron chi connectivity index (χ0n) is 11.0. The van der Waals surface area contributed by atoms with Gasteiger partial charge in [-0.05, 0) is 33.1 Å². The molecule has 110 valence electrons. The van der Waals surface area contributed by atoms with Gasteiger partial charge in [0.2, 0.25) is 0 Å². The Kier molecular flexibility index (Phi) is 3.93. The lowest BCUT2D eigenvalue weighted by Crippen LogP contribution is -2.29. The molecule has 1 aliphatic heterocycles. The van der Waals surface area contributed by atoms with Crippen LogP contribution in [0.3, 0.4) is 0 Å². The Morgan fingerprint density at radius 1 is 1.19 bits per heavy atom. The first-order valence-electron chi connectivity index (χ1n) is 6.47. The molecule has 2 aromatic carbocycles. The molecule has 0 aliphatic carbocycles. The van der Waals surface area contributed by atoms with Crippen LogP contribution in [-0.4, -0.2) is 6.61 Å². The molecule has 2 aromatic rings. The van der Waals surface area contributed by atoms with E-state index < -0.39 is 17.7 Å². The Bertz CT molecular complexity index is 694. The van der Waals surface area contributed by atoms with Gasteiger partial charge in [0.25, 0.3) is 0 Å². The second-order valence-corrected chi connectivity index (χ2v) is 5.59. The molecule has 0 bridgehead atoms. The lowest BCUT2D eigenvalue weighted by atomic mass is 9.96. The highest BCUT2D eigenvalue weighted by Crippen LogP contribution is 2.38. The van der Waals surface area contributed by atoms with Gasteiger partial charge in [0, 0.05) is 12.0 Å². The normalized spacial score (nSPS) is 14.7. The van der Waals surface area contributed by atoms with Crippen LogP contribution in [0.15, 0.2) is 34.8 Å². The van der Waals surface area contributed by atoms with Gasteiger partial charge in [0.1, 0.15) is 5.75 Å². The molecule has 3 nitrogen and oxygen atoms in total. The molecule has 0 fully saturated rings. The molecular formula is C15H13BrF2N2O. The molecule has 0 saturated carbocycles. The largest absolute Gasteiger partial charge is 0.493 e. The van der Waals surface area contributed by atoms with Gasteiger partial charge < -0.3 is 4.74 Å². The van der Waals surface area contributed by atoms with Gasteiger partial charge in [0.15, 0.2) is 11.6 Å². The van der Waals surface area contributed by atoms with Crippen molar-refractivity contribution in [2.45, 2.75) is 12.5 Å². The highest BCUT2D eigenvalue weighted by Gasteiger charge is 2.25. The fourth-order valence-electron chi connectivity index (χ4n) is 2.58. The second-order valence-electron chi connectivity index (χ2n) is 4.80. The maximum atomic E-state index is 13.8. The number of nitrogens with two attached hydrogens (primary N) is 1. The van der Waals surface area contributed by atoms with Crippen LogP contribution in [0.4, 0.5) is 8.78 Å². The van der Waals surface area contributed by atoms with Crippen molar-refractivity contribution in [3.63, 3.8) is 0 Å². The van der Waals surface area contributed by atoms with Crippen molar-refractivity contribution in [3.8, 4) is 5.75 Å². The van der Waals surface area contributed by atoms with Gasteiger partial charge >= 0.3 is 0 Å². The number of hydrazine groups is 1. The number of hydrogen-bond donors (Lipinski definition) is 2. The van der Waals surface area contributed by atoms with Crippen LogP contribution in [0.5, 0.6) is 5.75 Å². The van der Waals surface area contributed by atoms with E-state index in [1.807, 2.05) is 18.2 Å². The van der Waals surface area contributed by atoms with Gasteiger partial charge in [0.05, 0.1) is 17.1 Å². The molecule has 3 rings (SSSR count). The number of hydrogen-bond acceptors (Lipinski definition) is 3. The number of halogens is 3. The van der Waals surface area contributed by atoms with Crippen molar-refractivity contribution < 1.29 is 13.5 Å². The smallest absolute Gasteiger partial charge is 0.173 e. The Hall–Kier alpha value is -1.50. The van der Waals surface area contributed by atoms with Gasteiger partial charge in [-0.2, -0.15) is 0 Å². The maximum Gasteiger partial charge on any atom is 0.173 e. The summed E-state index contributed by atoms with van der Waals surface area (Å²) in [6, 6.07) is 7.84. The molecule has 21 heavy (non-hydrogen) atoms. The van der Waals surface area contributed by atoms with Crippen molar-refractivity contribution in [1.82, 2.24) is 5.43 Å². The highest BCUT2D eigenvalue weighted by molar-refractivity contribution is 9.10. The summed E-state index contributed by atoms with van der Waals surface area (Å²) in [5.41, 5.74) is 5.06. The van der Waals surface area contributed by atoms with E-state index in [1.54, 1.807) is 0 Å². The third kappa shape index (κ3) is 2.43. The standard InChI is InChI=1S/C15H13BrF2N2O/c16-12-9(4-5-11(17)13(12)18)14(20-19)10-3-1-2-8-6-7-21-15(8)10/h1-5,14,20H,6-7,19H2. The minimum Gasteiger partial charge on any atom is -0.493 e. The zero-order valence-corrected chi connectivity index (χ0v) is 12.6. The van der Waals surface area contributed by atoms with Crippen LogP contribution in [0.2, 0.25) is 0 Å². The minimum atomic E-state index is -0.929. The van der Waals surface area contributed by atoms with E-state index in [-0.39, 0.29) is 4.47 Å². The SMILES string of the molecule is NNC(c1ccc(F)c(F)c1Br)c1cccc2c1OCC2. The van der Waals surface area contributed by atoms with E-state index in [1.165, 1.54) is 6.07 Å². The first kappa shape index (κ1) is 14.4. The molecule has 1 aliphatic rings. The Balaban J connectivity index is 2.12. The summed E-state index contributed by atoms with van der Waals surface area (Å²) in [6.07, 6.45) is 0.833. The van der Waals surface area contributed by atoms with Crippen LogP contribution in [0.1, 0.15) is 22.7 Å². The molecule has 6 heteroatoms. The fraction of sp³-hybridized carbons (Fsp3) is 0.200. The number of benzene rings is 2. The van der Waals surface area contributed by atoms with E-state index in [0.29, 0.717) is 12.2 Å². The van der Waals surface area contributed by atoms with Crippen molar-refractivity contribution >= 4 is 15.9 Å². The first-order chi connectivity index (χ1) is 10.1. The average molecular weight is 355 g/mol. The summed E-state index contributed by atoms with van der Waals surface area (Å²) in [7, 11) is 0. The number of ether oxygens (including phenoxy) is 1. The third-order valence-corrected chi connectivity index (χ3v) is 4.40. The van der Waals surface area contributed by atoms with Crippen molar-refractivity contribution in [1.29, 1.82) is 0 Å². The molecule has 0 spiro atoms. The summed E-state index contributed by atoms with van der Waals surface area (Å²) in [4.78, 5) is 0. The molecule has 1 unspecified atom stereocenters. The van der Waals surface area contributed by atoms with Crippen LogP contribution in [-0.2, 0) is 6.42 Å². The number of nitrogens with one attached hydrogen (secondary N) is 1. The van der Waals surface area contributed by atoms with E-state index in [9.17, 15) is 8.78 Å². The molecule has 1 atom stereocenters. The molecule has 0 aromatic heterocycles. The average Bonchev–Trinajstić information content (AvgIpc) is 2.97. The summed E-state index contributed by atoms with van der Waals surface area (Å²) in [6.45, 7) is 0.614. The number of rotatable bonds is 3. The van der Waals surface area contributed by atoms with Crippen LogP contribution in [0.25, 0.3) is 0 Å². The Morgan fingerprint density at radius 2 is 2.00 bits per heavy atom. The van der Waals surface area contributed by atoms with Crippen molar-refractivity contribution in [2.24, 2.45) is 5.84 Å². The molecule has 0 radical (unpaired) electrons. The Morgan fingerprint density at radius 3 is 2.76 bits per heavy atom. The van der Waals surface area contributed by atoms with E-state index >= 15 is 0 Å². The first-order valence-corrected chi connectivity index (χ1v) is 7.27.